The lowest BCUT2D eigenvalue weighted by Crippen LogP contribution is -2.59. The number of ether oxygens (including phenoxy) is 2. The van der Waals surface area contributed by atoms with Crippen LogP contribution in [0.1, 0.15) is 24.2 Å². The highest BCUT2D eigenvalue weighted by molar-refractivity contribution is 6.31. The lowest BCUT2D eigenvalue weighted by Gasteiger charge is -2.49. The molecule has 2 aromatic carbocycles. The molecular formula is C23H17ClN4O2. The molecule has 30 heavy (non-hydrogen) atoms. The third-order valence-electron chi connectivity index (χ3n) is 6.19. The highest BCUT2D eigenvalue weighted by Gasteiger charge is 2.79. The first-order chi connectivity index (χ1) is 14.4. The van der Waals surface area contributed by atoms with Gasteiger partial charge in [0, 0.05) is 17.5 Å². The molecule has 148 valence electrons. The molecule has 2 aliphatic rings. The SMILES string of the molecule is CC12OC(=N)C(C#N)(C1Cc1ccccc1)C(C#N)(C#N)C(c1ccccc1Cl)O2. The summed E-state index contributed by atoms with van der Waals surface area (Å²) in [6, 6.07) is 22.3. The quantitative estimate of drug-likeness (QED) is 0.788. The standard InChI is InChI=1S/C23H17ClN4O2/c1-21-18(11-15-7-3-2-4-8-15)23(14-27,20(28)30-21)22(12-25,13-26)19(29-21)16-9-5-6-10-17(16)24/h2-10,18-19,28H,11H2,1H3. The molecule has 4 atom stereocenters. The van der Waals surface area contributed by atoms with Gasteiger partial charge in [-0.2, -0.15) is 15.8 Å². The number of benzene rings is 2. The van der Waals surface area contributed by atoms with Gasteiger partial charge in [0.15, 0.2) is 5.41 Å². The van der Waals surface area contributed by atoms with Crippen molar-refractivity contribution in [1.29, 1.82) is 21.2 Å². The Morgan fingerprint density at radius 3 is 2.23 bits per heavy atom. The Morgan fingerprint density at radius 2 is 1.63 bits per heavy atom. The summed E-state index contributed by atoms with van der Waals surface area (Å²) in [5.74, 6) is -2.56. The fraction of sp³-hybridized carbons (Fsp3) is 0.304. The minimum Gasteiger partial charge on any atom is -0.448 e. The lowest BCUT2D eigenvalue weighted by atomic mass is 9.52. The molecule has 2 heterocycles. The van der Waals surface area contributed by atoms with Gasteiger partial charge < -0.3 is 9.47 Å². The second-order valence-electron chi connectivity index (χ2n) is 7.66. The molecule has 2 aliphatic heterocycles. The van der Waals surface area contributed by atoms with E-state index in [0.717, 1.165) is 5.56 Å². The first-order valence-corrected chi connectivity index (χ1v) is 9.74. The first-order valence-electron chi connectivity index (χ1n) is 9.36. The van der Waals surface area contributed by atoms with Gasteiger partial charge >= 0.3 is 0 Å². The average Bonchev–Trinajstić information content (AvgIpc) is 2.91. The van der Waals surface area contributed by atoms with Crippen molar-refractivity contribution in [2.45, 2.75) is 25.2 Å². The van der Waals surface area contributed by atoms with Crippen molar-refractivity contribution in [2.75, 3.05) is 0 Å². The zero-order chi connectivity index (χ0) is 21.6. The van der Waals surface area contributed by atoms with Crippen LogP contribution in [0.15, 0.2) is 54.6 Å². The largest absolute Gasteiger partial charge is 0.448 e. The van der Waals surface area contributed by atoms with Crippen LogP contribution in [-0.4, -0.2) is 11.7 Å². The Labute approximate surface area is 179 Å². The van der Waals surface area contributed by atoms with Crippen molar-refractivity contribution < 1.29 is 9.47 Å². The topological polar surface area (TPSA) is 114 Å². The zero-order valence-corrected chi connectivity index (χ0v) is 16.8. The normalized spacial score (nSPS) is 31.1. The van der Waals surface area contributed by atoms with E-state index >= 15 is 0 Å². The molecule has 6 nitrogen and oxygen atoms in total. The summed E-state index contributed by atoms with van der Waals surface area (Å²) in [5, 5.41) is 39.8. The molecule has 0 aromatic heterocycles. The predicted molar refractivity (Wildman–Crippen MR) is 108 cm³/mol. The van der Waals surface area contributed by atoms with Crippen LogP contribution >= 0.6 is 11.6 Å². The van der Waals surface area contributed by atoms with E-state index in [4.69, 9.17) is 26.5 Å². The minimum absolute atomic E-state index is 0.299. The number of nitrogens with zero attached hydrogens (tertiary/aromatic N) is 3. The molecule has 0 spiro atoms. The van der Waals surface area contributed by atoms with Crippen LogP contribution in [0.3, 0.4) is 0 Å². The van der Waals surface area contributed by atoms with Gasteiger partial charge in [-0.05, 0) is 18.1 Å². The molecule has 4 rings (SSSR count). The van der Waals surface area contributed by atoms with E-state index in [2.05, 4.69) is 6.07 Å². The summed E-state index contributed by atoms with van der Waals surface area (Å²) in [6.45, 7) is 1.65. The predicted octanol–water partition coefficient (Wildman–Crippen LogP) is 4.54. The lowest BCUT2D eigenvalue weighted by molar-refractivity contribution is -0.272. The van der Waals surface area contributed by atoms with E-state index in [1.165, 1.54) is 0 Å². The third kappa shape index (κ3) is 2.40. The Kier molecular flexibility index (Phi) is 4.55. The maximum atomic E-state index is 10.4. The first kappa shape index (κ1) is 19.9. The zero-order valence-electron chi connectivity index (χ0n) is 16.1. The van der Waals surface area contributed by atoms with Crippen LogP contribution in [0.25, 0.3) is 0 Å². The van der Waals surface area contributed by atoms with Crippen LogP contribution < -0.4 is 0 Å². The molecular weight excluding hydrogens is 400 g/mol. The van der Waals surface area contributed by atoms with Gasteiger partial charge in [0.1, 0.15) is 6.10 Å². The van der Waals surface area contributed by atoms with Crippen LogP contribution in [0.5, 0.6) is 0 Å². The van der Waals surface area contributed by atoms with Gasteiger partial charge in [-0.1, -0.05) is 60.1 Å². The molecule has 2 fully saturated rings. The van der Waals surface area contributed by atoms with Gasteiger partial charge in [-0.25, -0.2) is 0 Å². The summed E-state index contributed by atoms with van der Waals surface area (Å²) >= 11 is 6.37. The summed E-state index contributed by atoms with van der Waals surface area (Å²) in [5.41, 5.74) is -2.57. The molecule has 0 amide bonds. The maximum Gasteiger partial charge on any atom is 0.215 e. The van der Waals surface area contributed by atoms with Gasteiger partial charge in [0.25, 0.3) is 0 Å². The Balaban J connectivity index is 1.97. The van der Waals surface area contributed by atoms with Crippen LogP contribution in [-0.2, 0) is 15.9 Å². The van der Waals surface area contributed by atoms with Crippen LogP contribution in [0.2, 0.25) is 5.02 Å². The van der Waals surface area contributed by atoms with Crippen molar-refractivity contribution in [1.82, 2.24) is 0 Å². The number of fused-ring (bicyclic) bond motifs is 2. The number of nitrogens with one attached hydrogen (secondary N) is 1. The van der Waals surface area contributed by atoms with Crippen LogP contribution in [0.4, 0.5) is 0 Å². The van der Waals surface area contributed by atoms with E-state index in [0.29, 0.717) is 17.0 Å². The maximum absolute atomic E-state index is 10.4. The van der Waals surface area contributed by atoms with Gasteiger partial charge in [0.2, 0.25) is 17.1 Å². The second kappa shape index (κ2) is 6.85. The number of halogens is 1. The van der Waals surface area contributed by atoms with E-state index in [-0.39, 0.29) is 0 Å². The fourth-order valence-electron chi connectivity index (χ4n) is 4.70. The number of hydrogen-bond donors (Lipinski definition) is 1. The number of hydrogen-bond acceptors (Lipinski definition) is 6. The molecule has 2 aromatic rings. The summed E-state index contributed by atoms with van der Waals surface area (Å²) < 4.78 is 12.1. The van der Waals surface area contributed by atoms with E-state index in [1.807, 2.05) is 42.5 Å². The Morgan fingerprint density at radius 1 is 1.00 bits per heavy atom. The summed E-state index contributed by atoms with van der Waals surface area (Å²) in [4.78, 5) is 0. The molecule has 1 N–H and O–H groups in total. The number of rotatable bonds is 3. The monoisotopic (exact) mass is 416 g/mol. The molecule has 4 unspecified atom stereocenters. The van der Waals surface area contributed by atoms with Crippen molar-refractivity contribution in [2.24, 2.45) is 16.7 Å². The van der Waals surface area contributed by atoms with Crippen molar-refractivity contribution in [3.05, 3.63) is 70.7 Å². The highest BCUT2D eigenvalue weighted by Crippen LogP contribution is 2.67. The molecule has 0 saturated carbocycles. The number of nitriles is 3. The third-order valence-corrected chi connectivity index (χ3v) is 6.53. The van der Waals surface area contributed by atoms with E-state index in [1.54, 1.807) is 31.2 Å². The van der Waals surface area contributed by atoms with Crippen molar-refractivity contribution in [3.8, 4) is 18.2 Å². The molecule has 0 aliphatic carbocycles. The van der Waals surface area contributed by atoms with Gasteiger partial charge in [-0.3, -0.25) is 5.41 Å². The molecule has 2 saturated heterocycles. The van der Waals surface area contributed by atoms with Crippen molar-refractivity contribution in [3.63, 3.8) is 0 Å². The van der Waals surface area contributed by atoms with Crippen molar-refractivity contribution >= 4 is 17.5 Å². The second-order valence-corrected chi connectivity index (χ2v) is 8.07. The average molecular weight is 417 g/mol. The van der Waals surface area contributed by atoms with Crippen LogP contribution in [0, 0.1) is 56.2 Å². The van der Waals surface area contributed by atoms with Gasteiger partial charge in [0.05, 0.1) is 24.1 Å². The van der Waals surface area contributed by atoms with E-state index < -0.39 is 34.5 Å². The summed E-state index contributed by atoms with van der Waals surface area (Å²) in [6.07, 6.45) is -0.867. The fourth-order valence-corrected chi connectivity index (χ4v) is 4.94. The smallest absolute Gasteiger partial charge is 0.215 e. The Hall–Kier alpha value is -3.37. The Bertz CT molecular complexity index is 1130. The molecule has 7 heteroatoms. The highest BCUT2D eigenvalue weighted by atomic mass is 35.5. The van der Waals surface area contributed by atoms with E-state index in [9.17, 15) is 15.8 Å². The minimum atomic E-state index is -2.03. The van der Waals surface area contributed by atoms with Gasteiger partial charge in [-0.15, -0.1) is 0 Å². The summed E-state index contributed by atoms with van der Waals surface area (Å²) in [7, 11) is 0. The molecule has 2 bridgehead atoms. The molecule has 0 radical (unpaired) electrons.